The number of halogens is 1. The average Bonchev–Trinajstić information content (AvgIpc) is 3.05. The molecule has 0 radical (unpaired) electrons. The first-order valence-electron chi connectivity index (χ1n) is 8.59. The lowest BCUT2D eigenvalue weighted by atomic mass is 10.2. The molecule has 146 valence electrons. The topological polar surface area (TPSA) is 66.8 Å². The van der Waals surface area contributed by atoms with Crippen LogP contribution in [0.3, 0.4) is 0 Å². The van der Waals surface area contributed by atoms with Crippen LogP contribution in [0.25, 0.3) is 10.9 Å². The van der Waals surface area contributed by atoms with Crippen LogP contribution in [-0.2, 0) is 9.47 Å². The van der Waals surface area contributed by atoms with E-state index in [-0.39, 0.29) is 10.6 Å². The van der Waals surface area contributed by atoms with E-state index in [4.69, 9.17) is 21.1 Å². The maximum Gasteiger partial charge on any atom is 0.419 e. The Morgan fingerprint density at radius 2 is 1.82 bits per heavy atom. The number of aromatic nitrogens is 1. The fraction of sp³-hybridized carbons (Fsp3) is 0.238. The highest BCUT2D eigenvalue weighted by Gasteiger charge is 2.21. The summed E-state index contributed by atoms with van der Waals surface area (Å²) in [6.45, 7) is 5.41. The van der Waals surface area contributed by atoms with Crippen LogP contribution in [0.4, 0.5) is 4.79 Å². The van der Waals surface area contributed by atoms with Crippen LogP contribution in [-0.4, -0.2) is 29.3 Å². The van der Waals surface area contributed by atoms with Crippen LogP contribution >= 0.6 is 11.6 Å². The van der Waals surface area contributed by atoms with Crippen molar-refractivity contribution in [3.63, 3.8) is 0 Å². The molecule has 0 amide bonds. The zero-order valence-electron chi connectivity index (χ0n) is 16.0. The second kappa shape index (κ2) is 7.56. The summed E-state index contributed by atoms with van der Waals surface area (Å²) in [4.78, 5) is 24.2. The first-order valence-corrected chi connectivity index (χ1v) is 8.96. The molecule has 3 aromatic rings. The standard InChI is InChI=1S/C21H20ClNO5/c1-21(2,3)28-20(25)23-11-10-13-6-5-7-17(18(13)23)27-14-8-9-15(16(22)12-14)19(24)26-4/h5-12H,1-4H3. The number of rotatable bonds is 3. The van der Waals surface area contributed by atoms with Crippen molar-refractivity contribution in [1.82, 2.24) is 4.57 Å². The lowest BCUT2D eigenvalue weighted by molar-refractivity contribution is 0.0542. The number of para-hydroxylation sites is 1. The van der Waals surface area contributed by atoms with Gasteiger partial charge in [-0.15, -0.1) is 0 Å². The van der Waals surface area contributed by atoms with Gasteiger partial charge in [0.2, 0.25) is 0 Å². The molecule has 1 heterocycles. The summed E-state index contributed by atoms with van der Waals surface area (Å²) in [5.41, 5.74) is 0.192. The van der Waals surface area contributed by atoms with Gasteiger partial charge in [0.1, 0.15) is 16.9 Å². The van der Waals surface area contributed by atoms with Gasteiger partial charge in [0.25, 0.3) is 0 Å². The Morgan fingerprint density at radius 1 is 1.07 bits per heavy atom. The largest absolute Gasteiger partial charge is 0.465 e. The lowest BCUT2D eigenvalue weighted by Crippen LogP contribution is -2.26. The van der Waals surface area contributed by atoms with Crippen molar-refractivity contribution in [2.24, 2.45) is 0 Å². The first kappa shape index (κ1) is 19.8. The fourth-order valence-electron chi connectivity index (χ4n) is 2.67. The van der Waals surface area contributed by atoms with Gasteiger partial charge >= 0.3 is 12.1 Å². The summed E-state index contributed by atoms with van der Waals surface area (Å²) in [5, 5.41) is 1.03. The Balaban J connectivity index is 1.98. The molecule has 3 rings (SSSR count). The molecule has 7 heteroatoms. The van der Waals surface area contributed by atoms with Gasteiger partial charge in [0.05, 0.1) is 17.7 Å². The van der Waals surface area contributed by atoms with Gasteiger partial charge in [0, 0.05) is 17.6 Å². The maximum absolute atomic E-state index is 12.6. The molecule has 1 aromatic heterocycles. The van der Waals surface area contributed by atoms with E-state index in [1.807, 2.05) is 12.1 Å². The molecular formula is C21H20ClNO5. The number of benzene rings is 2. The SMILES string of the molecule is COC(=O)c1ccc(Oc2cccc3ccn(C(=O)OC(C)(C)C)c23)cc1Cl. The summed E-state index contributed by atoms with van der Waals surface area (Å²) >= 11 is 6.16. The van der Waals surface area contributed by atoms with Crippen LogP contribution in [0, 0.1) is 0 Å². The number of nitrogens with zero attached hydrogens (tertiary/aromatic N) is 1. The van der Waals surface area contributed by atoms with Crippen LogP contribution in [0.1, 0.15) is 31.1 Å². The number of hydrogen-bond donors (Lipinski definition) is 0. The number of ether oxygens (including phenoxy) is 3. The molecule has 0 saturated heterocycles. The number of methoxy groups -OCH3 is 1. The van der Waals surface area contributed by atoms with E-state index in [0.717, 1.165) is 5.39 Å². The normalized spacial score (nSPS) is 11.3. The van der Waals surface area contributed by atoms with Gasteiger partial charge < -0.3 is 14.2 Å². The van der Waals surface area contributed by atoms with E-state index in [1.165, 1.54) is 23.8 Å². The minimum absolute atomic E-state index is 0.207. The van der Waals surface area contributed by atoms with Crippen LogP contribution < -0.4 is 4.74 Å². The zero-order chi connectivity index (χ0) is 20.5. The summed E-state index contributed by atoms with van der Waals surface area (Å²) in [5.74, 6) is 0.342. The molecule has 0 aliphatic rings. The second-order valence-electron chi connectivity index (χ2n) is 7.10. The minimum atomic E-state index is -0.624. The Labute approximate surface area is 167 Å². The Bertz CT molecular complexity index is 1050. The van der Waals surface area contributed by atoms with E-state index in [0.29, 0.717) is 17.0 Å². The van der Waals surface area contributed by atoms with Crippen molar-refractivity contribution in [2.45, 2.75) is 26.4 Å². The third kappa shape index (κ3) is 4.12. The van der Waals surface area contributed by atoms with E-state index in [2.05, 4.69) is 4.74 Å². The fourth-order valence-corrected chi connectivity index (χ4v) is 2.92. The summed E-state index contributed by atoms with van der Waals surface area (Å²) in [6.07, 6.45) is 1.14. The summed E-state index contributed by atoms with van der Waals surface area (Å²) in [7, 11) is 1.29. The Morgan fingerprint density at radius 3 is 2.46 bits per heavy atom. The van der Waals surface area contributed by atoms with Crippen molar-refractivity contribution in [3.05, 3.63) is 59.2 Å². The molecule has 0 saturated carbocycles. The molecule has 0 aliphatic carbocycles. The van der Waals surface area contributed by atoms with E-state index >= 15 is 0 Å². The van der Waals surface area contributed by atoms with Crippen LogP contribution in [0.2, 0.25) is 5.02 Å². The molecule has 0 N–H and O–H groups in total. The molecule has 28 heavy (non-hydrogen) atoms. The molecule has 0 fully saturated rings. The molecule has 0 spiro atoms. The number of hydrogen-bond acceptors (Lipinski definition) is 5. The third-order valence-corrected chi connectivity index (χ3v) is 4.15. The molecule has 2 aromatic carbocycles. The van der Waals surface area contributed by atoms with Gasteiger partial charge in [-0.2, -0.15) is 0 Å². The van der Waals surface area contributed by atoms with Crippen molar-refractivity contribution in [2.75, 3.05) is 7.11 Å². The third-order valence-electron chi connectivity index (χ3n) is 3.84. The number of carbonyl (C=O) groups is 2. The molecule has 0 atom stereocenters. The summed E-state index contributed by atoms with van der Waals surface area (Å²) in [6, 6.07) is 11.9. The number of fused-ring (bicyclic) bond motifs is 1. The van der Waals surface area contributed by atoms with E-state index < -0.39 is 17.7 Å². The predicted molar refractivity (Wildman–Crippen MR) is 106 cm³/mol. The molecule has 0 unspecified atom stereocenters. The Hall–Kier alpha value is -2.99. The van der Waals surface area contributed by atoms with Crippen LogP contribution in [0.15, 0.2) is 48.7 Å². The lowest BCUT2D eigenvalue weighted by Gasteiger charge is -2.20. The van der Waals surface area contributed by atoms with Gasteiger partial charge in [-0.3, -0.25) is 0 Å². The van der Waals surface area contributed by atoms with Gasteiger partial charge in [-0.1, -0.05) is 23.7 Å². The van der Waals surface area contributed by atoms with Crippen molar-refractivity contribution >= 4 is 34.6 Å². The minimum Gasteiger partial charge on any atom is -0.465 e. The number of esters is 1. The predicted octanol–water partition coefficient (Wildman–Crippen LogP) is 5.66. The van der Waals surface area contributed by atoms with E-state index in [9.17, 15) is 9.59 Å². The van der Waals surface area contributed by atoms with E-state index in [1.54, 1.807) is 45.2 Å². The highest BCUT2D eigenvalue weighted by atomic mass is 35.5. The molecule has 6 nitrogen and oxygen atoms in total. The first-order chi connectivity index (χ1) is 13.2. The number of carbonyl (C=O) groups excluding carboxylic acids is 2. The highest BCUT2D eigenvalue weighted by Crippen LogP contribution is 2.33. The van der Waals surface area contributed by atoms with Gasteiger partial charge in [-0.05, 0) is 45.0 Å². The highest BCUT2D eigenvalue weighted by molar-refractivity contribution is 6.33. The summed E-state index contributed by atoms with van der Waals surface area (Å²) < 4.78 is 17.5. The van der Waals surface area contributed by atoms with Crippen molar-refractivity contribution in [3.8, 4) is 11.5 Å². The maximum atomic E-state index is 12.6. The van der Waals surface area contributed by atoms with Crippen molar-refractivity contribution in [1.29, 1.82) is 0 Å². The molecule has 0 aliphatic heterocycles. The van der Waals surface area contributed by atoms with Gasteiger partial charge in [-0.25, -0.2) is 14.2 Å². The quantitative estimate of drug-likeness (QED) is 0.530. The monoisotopic (exact) mass is 401 g/mol. The van der Waals surface area contributed by atoms with Crippen molar-refractivity contribution < 1.29 is 23.8 Å². The zero-order valence-corrected chi connectivity index (χ0v) is 16.7. The van der Waals surface area contributed by atoms with Crippen LogP contribution in [0.5, 0.6) is 11.5 Å². The smallest absolute Gasteiger partial charge is 0.419 e. The molecular weight excluding hydrogens is 382 g/mol. The molecule has 0 bridgehead atoms. The Kier molecular flexibility index (Phi) is 5.34. The average molecular weight is 402 g/mol. The second-order valence-corrected chi connectivity index (χ2v) is 7.50. The van der Waals surface area contributed by atoms with Gasteiger partial charge in [0.15, 0.2) is 5.75 Å².